The molecule has 0 aliphatic rings. The Morgan fingerprint density at radius 2 is 2.00 bits per heavy atom. The summed E-state index contributed by atoms with van der Waals surface area (Å²) < 4.78 is 3.10. The maximum atomic E-state index is 6.23. The molecule has 0 aliphatic carbocycles. The number of imidazole rings is 1. The van der Waals surface area contributed by atoms with E-state index in [2.05, 4.69) is 39.3 Å². The first-order valence-corrected chi connectivity index (χ1v) is 6.87. The molecule has 2 aromatic rings. The zero-order valence-electron chi connectivity index (χ0n) is 10.9. The molecule has 0 bridgehead atoms. The molecule has 0 aliphatic heterocycles. The smallest absolute Gasteiger partial charge is 0.131 e. The van der Waals surface area contributed by atoms with Crippen molar-refractivity contribution in [3.05, 3.63) is 34.6 Å². The van der Waals surface area contributed by atoms with Gasteiger partial charge in [0.1, 0.15) is 17.3 Å². The molecule has 0 saturated carbocycles. The highest BCUT2D eigenvalue weighted by atomic mass is 79.9. The summed E-state index contributed by atoms with van der Waals surface area (Å²) in [6.45, 7) is 7.25. The van der Waals surface area contributed by atoms with Crippen LogP contribution in [0.4, 0.5) is 5.82 Å². The summed E-state index contributed by atoms with van der Waals surface area (Å²) >= 11 is 3.55. The molecule has 0 fully saturated rings. The minimum absolute atomic E-state index is 0.548. The molecular formula is C14H18BrN3. The fourth-order valence-corrected chi connectivity index (χ4v) is 2.50. The van der Waals surface area contributed by atoms with E-state index < -0.39 is 0 Å². The number of nitrogens with zero attached hydrogens (tertiary/aromatic N) is 2. The van der Waals surface area contributed by atoms with Crippen LogP contribution in [0, 0.1) is 12.8 Å². The van der Waals surface area contributed by atoms with Crippen LogP contribution in [-0.2, 0) is 6.54 Å². The molecule has 96 valence electrons. The number of hydrogen-bond acceptors (Lipinski definition) is 2. The fraction of sp³-hybridized carbons (Fsp3) is 0.357. The van der Waals surface area contributed by atoms with Gasteiger partial charge < -0.3 is 10.3 Å². The van der Waals surface area contributed by atoms with Gasteiger partial charge in [-0.05, 0) is 18.9 Å². The van der Waals surface area contributed by atoms with Gasteiger partial charge in [0.15, 0.2) is 0 Å². The molecule has 2 N–H and O–H groups in total. The van der Waals surface area contributed by atoms with E-state index in [1.165, 1.54) is 0 Å². The predicted molar refractivity (Wildman–Crippen MR) is 79.4 cm³/mol. The monoisotopic (exact) mass is 307 g/mol. The van der Waals surface area contributed by atoms with Crippen molar-refractivity contribution >= 4 is 21.7 Å². The first-order valence-electron chi connectivity index (χ1n) is 6.08. The van der Waals surface area contributed by atoms with Crippen LogP contribution in [0.25, 0.3) is 11.3 Å². The molecule has 0 amide bonds. The van der Waals surface area contributed by atoms with Gasteiger partial charge in [-0.1, -0.05) is 48.0 Å². The Hall–Kier alpha value is -1.29. The Bertz CT molecular complexity index is 558. The maximum Gasteiger partial charge on any atom is 0.131 e. The number of hydrogen-bond donors (Lipinski definition) is 1. The lowest BCUT2D eigenvalue weighted by Crippen LogP contribution is -2.09. The molecule has 0 unspecified atom stereocenters. The van der Waals surface area contributed by atoms with Crippen LogP contribution < -0.4 is 5.73 Å². The van der Waals surface area contributed by atoms with E-state index in [-0.39, 0.29) is 0 Å². The molecule has 1 aromatic carbocycles. The fourth-order valence-electron chi connectivity index (χ4n) is 2.03. The molecule has 1 heterocycles. The van der Waals surface area contributed by atoms with Crippen molar-refractivity contribution in [2.45, 2.75) is 27.3 Å². The van der Waals surface area contributed by atoms with Gasteiger partial charge in [-0.15, -0.1) is 0 Å². The van der Waals surface area contributed by atoms with Crippen LogP contribution in [-0.4, -0.2) is 9.55 Å². The van der Waals surface area contributed by atoms with Gasteiger partial charge >= 0.3 is 0 Å². The number of anilines is 1. The molecule has 0 spiro atoms. The average Bonchev–Trinajstić information content (AvgIpc) is 2.57. The Labute approximate surface area is 116 Å². The zero-order valence-corrected chi connectivity index (χ0v) is 12.5. The van der Waals surface area contributed by atoms with E-state index in [1.54, 1.807) is 0 Å². The molecule has 3 nitrogen and oxygen atoms in total. The zero-order chi connectivity index (χ0) is 13.3. The summed E-state index contributed by atoms with van der Waals surface area (Å²) in [7, 11) is 0. The standard InChI is InChI=1S/C14H18BrN3/c1-9(2)8-18-10(3)17-13(14(18)16)11-6-4-5-7-12(11)15/h4-7,9H,8,16H2,1-3H3. The SMILES string of the molecule is Cc1nc(-c2ccccc2Br)c(N)n1CC(C)C. The predicted octanol–water partition coefficient (Wildman–Crippen LogP) is 3.86. The Morgan fingerprint density at radius 1 is 1.33 bits per heavy atom. The Kier molecular flexibility index (Phi) is 3.76. The third-order valence-corrected chi connectivity index (χ3v) is 3.57. The van der Waals surface area contributed by atoms with Crippen LogP contribution in [0.5, 0.6) is 0 Å². The topological polar surface area (TPSA) is 43.8 Å². The van der Waals surface area contributed by atoms with Crippen molar-refractivity contribution in [1.29, 1.82) is 0 Å². The summed E-state index contributed by atoms with van der Waals surface area (Å²) in [5, 5.41) is 0. The molecule has 0 saturated heterocycles. The van der Waals surface area contributed by atoms with Crippen LogP contribution in [0.15, 0.2) is 28.7 Å². The quantitative estimate of drug-likeness (QED) is 0.935. The van der Waals surface area contributed by atoms with Gasteiger partial charge in [-0.2, -0.15) is 0 Å². The van der Waals surface area contributed by atoms with Gasteiger partial charge in [-0.25, -0.2) is 4.98 Å². The lowest BCUT2D eigenvalue weighted by Gasteiger charge is -2.10. The van der Waals surface area contributed by atoms with E-state index in [4.69, 9.17) is 5.73 Å². The van der Waals surface area contributed by atoms with Crippen LogP contribution in [0.3, 0.4) is 0 Å². The lowest BCUT2D eigenvalue weighted by atomic mass is 10.1. The molecular weight excluding hydrogens is 290 g/mol. The second-order valence-electron chi connectivity index (χ2n) is 4.88. The molecule has 18 heavy (non-hydrogen) atoms. The summed E-state index contributed by atoms with van der Waals surface area (Å²) in [4.78, 5) is 4.60. The average molecular weight is 308 g/mol. The van der Waals surface area contributed by atoms with Crippen molar-refractivity contribution in [3.63, 3.8) is 0 Å². The number of nitrogen functional groups attached to an aromatic ring is 1. The largest absolute Gasteiger partial charge is 0.383 e. The van der Waals surface area contributed by atoms with Crippen molar-refractivity contribution in [3.8, 4) is 11.3 Å². The minimum atomic E-state index is 0.548. The van der Waals surface area contributed by atoms with Crippen molar-refractivity contribution in [2.24, 2.45) is 5.92 Å². The van der Waals surface area contributed by atoms with Gasteiger partial charge in [0.25, 0.3) is 0 Å². The van der Waals surface area contributed by atoms with Crippen LogP contribution in [0.1, 0.15) is 19.7 Å². The van der Waals surface area contributed by atoms with Gasteiger partial charge in [0, 0.05) is 16.6 Å². The third kappa shape index (κ3) is 2.43. The highest BCUT2D eigenvalue weighted by Gasteiger charge is 2.15. The summed E-state index contributed by atoms with van der Waals surface area (Å²) in [6.07, 6.45) is 0. The number of halogens is 1. The third-order valence-electron chi connectivity index (χ3n) is 2.87. The first kappa shape index (κ1) is 13.1. The second kappa shape index (κ2) is 5.14. The molecule has 0 atom stereocenters. The first-order chi connectivity index (χ1) is 8.50. The number of benzene rings is 1. The van der Waals surface area contributed by atoms with Gasteiger partial charge in [0.05, 0.1) is 0 Å². The summed E-state index contributed by atoms with van der Waals surface area (Å²) in [5.41, 5.74) is 8.14. The number of aryl methyl sites for hydroxylation is 1. The van der Waals surface area contributed by atoms with Crippen LogP contribution >= 0.6 is 15.9 Å². The minimum Gasteiger partial charge on any atom is -0.383 e. The van der Waals surface area contributed by atoms with E-state index in [0.717, 1.165) is 33.9 Å². The van der Waals surface area contributed by atoms with Gasteiger partial charge in [-0.3, -0.25) is 0 Å². The van der Waals surface area contributed by atoms with Crippen molar-refractivity contribution in [1.82, 2.24) is 9.55 Å². The highest BCUT2D eigenvalue weighted by Crippen LogP contribution is 2.32. The highest BCUT2D eigenvalue weighted by molar-refractivity contribution is 9.10. The van der Waals surface area contributed by atoms with E-state index in [0.29, 0.717) is 5.92 Å². The number of aromatic nitrogens is 2. The summed E-state index contributed by atoms with van der Waals surface area (Å²) in [5.74, 6) is 2.26. The normalized spacial score (nSPS) is 11.2. The molecule has 2 rings (SSSR count). The molecule has 4 heteroatoms. The number of rotatable bonds is 3. The maximum absolute atomic E-state index is 6.23. The Balaban J connectivity index is 2.51. The van der Waals surface area contributed by atoms with E-state index >= 15 is 0 Å². The van der Waals surface area contributed by atoms with E-state index in [9.17, 15) is 0 Å². The molecule has 1 aromatic heterocycles. The van der Waals surface area contributed by atoms with Gasteiger partial charge in [0.2, 0.25) is 0 Å². The lowest BCUT2D eigenvalue weighted by molar-refractivity contribution is 0.518. The van der Waals surface area contributed by atoms with Crippen LogP contribution in [0.2, 0.25) is 0 Å². The van der Waals surface area contributed by atoms with Crippen molar-refractivity contribution in [2.75, 3.05) is 5.73 Å². The summed E-state index contributed by atoms with van der Waals surface area (Å²) in [6, 6.07) is 8.02. The number of nitrogens with two attached hydrogens (primary N) is 1. The van der Waals surface area contributed by atoms with Crippen molar-refractivity contribution < 1.29 is 0 Å². The second-order valence-corrected chi connectivity index (χ2v) is 5.73. The molecule has 0 radical (unpaired) electrons. The van der Waals surface area contributed by atoms with E-state index in [1.807, 2.05) is 31.2 Å². The Morgan fingerprint density at radius 3 is 2.61 bits per heavy atom.